The lowest BCUT2D eigenvalue weighted by molar-refractivity contribution is -0.0500. The van der Waals surface area contributed by atoms with Gasteiger partial charge >= 0.3 is 21.7 Å². The van der Waals surface area contributed by atoms with Crippen molar-refractivity contribution in [3.63, 3.8) is 0 Å². The van der Waals surface area contributed by atoms with E-state index in [0.29, 0.717) is 11.8 Å². The molecule has 296 valence electrons. The number of hydrogen-bond donors (Lipinski definition) is 0. The molecule has 0 spiro atoms. The number of pyridine rings is 1. The van der Waals surface area contributed by atoms with Gasteiger partial charge in [0.2, 0.25) is 5.88 Å². The van der Waals surface area contributed by atoms with Gasteiger partial charge in [0.15, 0.2) is 8.32 Å². The Balaban J connectivity index is 1.70. The number of nitrogens with zero attached hydrogens (tertiary/aromatic N) is 4. The summed E-state index contributed by atoms with van der Waals surface area (Å²) >= 11 is 0.932. The van der Waals surface area contributed by atoms with E-state index in [1.807, 2.05) is 13.1 Å². The zero-order chi connectivity index (χ0) is 40.3. The van der Waals surface area contributed by atoms with Gasteiger partial charge in [0.05, 0.1) is 40.0 Å². The maximum absolute atomic E-state index is 16.2. The summed E-state index contributed by atoms with van der Waals surface area (Å²) in [6.45, 7) is 19.2. The Bertz CT molecular complexity index is 2180. The molecule has 0 bridgehead atoms. The van der Waals surface area contributed by atoms with E-state index >= 15 is 4.39 Å². The summed E-state index contributed by atoms with van der Waals surface area (Å²) < 4.78 is 121. The number of fused-ring (bicyclic) bond motifs is 2. The van der Waals surface area contributed by atoms with Crippen molar-refractivity contribution >= 4 is 46.0 Å². The number of benzene rings is 1. The van der Waals surface area contributed by atoms with Crippen molar-refractivity contribution in [1.82, 2.24) is 19.7 Å². The second-order valence-corrected chi connectivity index (χ2v) is 22.8. The molecule has 1 aliphatic rings. The van der Waals surface area contributed by atoms with E-state index in [4.69, 9.17) is 13.9 Å². The molecule has 0 saturated heterocycles. The molecule has 4 heterocycles. The molecule has 1 aliphatic heterocycles. The third-order valence-electron chi connectivity index (χ3n) is 9.22. The van der Waals surface area contributed by atoms with Crippen molar-refractivity contribution in [3.8, 4) is 34.1 Å². The van der Waals surface area contributed by atoms with Crippen molar-refractivity contribution < 1.29 is 53.2 Å². The Morgan fingerprint density at radius 1 is 1.06 bits per heavy atom. The van der Waals surface area contributed by atoms with E-state index in [-0.39, 0.29) is 63.1 Å². The Labute approximate surface area is 315 Å². The van der Waals surface area contributed by atoms with Crippen LogP contribution in [0.15, 0.2) is 29.6 Å². The van der Waals surface area contributed by atoms with E-state index in [0.717, 1.165) is 17.4 Å². The van der Waals surface area contributed by atoms with E-state index in [2.05, 4.69) is 35.0 Å². The molecular formula is C35H43F5N4O7S2Si. The molecule has 4 aromatic rings. The molecule has 3 aromatic heterocycles. The highest BCUT2D eigenvalue weighted by atomic mass is 32.2. The molecule has 0 fully saturated rings. The molecule has 5 rings (SSSR count). The third-order valence-corrected chi connectivity index (χ3v) is 15.7. The monoisotopic (exact) mass is 818 g/mol. The highest BCUT2D eigenvalue weighted by Gasteiger charge is 2.49. The second kappa shape index (κ2) is 14.4. The minimum atomic E-state index is -6.21. The number of hydrogen-bond acceptors (Lipinski definition) is 10. The van der Waals surface area contributed by atoms with Crippen LogP contribution in [0.4, 0.5) is 26.7 Å². The van der Waals surface area contributed by atoms with Crippen LogP contribution in [0.2, 0.25) is 18.1 Å². The first-order valence-electron chi connectivity index (χ1n) is 17.0. The Morgan fingerprint density at radius 2 is 1.72 bits per heavy atom. The SMILES string of the molecule is C[C@H](COc1cc(F)cc(F)c1-c1c(-c2cc3n(n2)CCN(C(=O)OC(C)(C)C)[C@H]3C)nc(OS(=O)(=O)C(F)(F)F)c2ccsc12)O[Si](C)(C)C(C)(C)C. The van der Waals surface area contributed by atoms with Crippen LogP contribution < -0.4 is 8.92 Å². The number of halogens is 5. The van der Waals surface area contributed by atoms with Crippen LogP contribution in [0.25, 0.3) is 32.6 Å². The summed E-state index contributed by atoms with van der Waals surface area (Å²) in [5, 5.41) is 5.72. The second-order valence-electron chi connectivity index (χ2n) is 15.6. The highest BCUT2D eigenvalue weighted by Crippen LogP contribution is 2.48. The van der Waals surface area contributed by atoms with E-state index < -0.39 is 65.3 Å². The van der Waals surface area contributed by atoms with Crippen LogP contribution in [0.5, 0.6) is 11.6 Å². The lowest BCUT2D eigenvalue weighted by Crippen LogP contribution is -2.44. The van der Waals surface area contributed by atoms with Gasteiger partial charge in [0.1, 0.15) is 41.0 Å². The number of rotatable bonds is 9. The van der Waals surface area contributed by atoms with Crippen LogP contribution in [-0.2, 0) is 25.8 Å². The number of ether oxygens (including phenoxy) is 2. The van der Waals surface area contributed by atoms with Gasteiger partial charge in [0, 0.05) is 24.2 Å². The topological polar surface area (TPSA) is 122 Å². The zero-order valence-corrected chi connectivity index (χ0v) is 34.1. The normalized spacial score (nSPS) is 16.4. The lowest BCUT2D eigenvalue weighted by atomic mass is 9.98. The van der Waals surface area contributed by atoms with E-state index in [1.165, 1.54) is 22.4 Å². The molecule has 0 unspecified atom stereocenters. The number of alkyl halides is 3. The van der Waals surface area contributed by atoms with Gasteiger partial charge in [0.25, 0.3) is 0 Å². The summed E-state index contributed by atoms with van der Waals surface area (Å²) in [6, 6.07) is 3.76. The molecule has 1 amide bonds. The largest absolute Gasteiger partial charge is 0.534 e. The number of amides is 1. The molecule has 54 heavy (non-hydrogen) atoms. The minimum Gasteiger partial charge on any atom is -0.490 e. The molecule has 19 heteroatoms. The van der Waals surface area contributed by atoms with Gasteiger partial charge in [-0.25, -0.2) is 18.6 Å². The van der Waals surface area contributed by atoms with Crippen LogP contribution in [0.1, 0.15) is 67.1 Å². The van der Waals surface area contributed by atoms with Gasteiger partial charge in [-0.2, -0.15) is 26.7 Å². The van der Waals surface area contributed by atoms with Gasteiger partial charge < -0.3 is 18.1 Å². The molecular weight excluding hydrogens is 776 g/mol. The predicted molar refractivity (Wildman–Crippen MR) is 196 cm³/mol. The maximum atomic E-state index is 16.2. The number of carbonyl (C=O) groups excluding carboxylic acids is 1. The van der Waals surface area contributed by atoms with Crippen molar-refractivity contribution in [1.29, 1.82) is 0 Å². The van der Waals surface area contributed by atoms with Crippen LogP contribution in [0.3, 0.4) is 0 Å². The Hall–Kier alpha value is -3.81. The molecule has 0 saturated carbocycles. The summed E-state index contributed by atoms with van der Waals surface area (Å²) in [5.74, 6) is -3.25. The molecule has 0 N–H and O–H groups in total. The summed E-state index contributed by atoms with van der Waals surface area (Å²) in [7, 11) is -8.49. The third kappa shape index (κ3) is 8.37. The fraction of sp³-hybridized carbons (Fsp3) is 0.514. The van der Waals surface area contributed by atoms with Gasteiger partial charge in [-0.05, 0) is 70.3 Å². The first kappa shape index (κ1) is 41.4. The fourth-order valence-corrected chi connectivity index (χ4v) is 8.44. The molecule has 0 aliphatic carbocycles. The first-order valence-corrected chi connectivity index (χ1v) is 22.2. The first-order chi connectivity index (χ1) is 24.7. The number of carbonyl (C=O) groups is 1. The molecule has 2 atom stereocenters. The zero-order valence-electron chi connectivity index (χ0n) is 31.5. The molecule has 11 nitrogen and oxygen atoms in total. The van der Waals surface area contributed by atoms with Crippen molar-refractivity contribution in [2.24, 2.45) is 0 Å². The predicted octanol–water partition coefficient (Wildman–Crippen LogP) is 9.43. The number of thiophene rings is 1. The molecule has 1 aromatic carbocycles. The lowest BCUT2D eigenvalue weighted by Gasteiger charge is -2.38. The highest BCUT2D eigenvalue weighted by molar-refractivity contribution is 7.88. The molecule has 0 radical (unpaired) electrons. The average Bonchev–Trinajstić information content (AvgIpc) is 3.67. The van der Waals surface area contributed by atoms with Gasteiger partial charge in [-0.1, -0.05) is 20.8 Å². The summed E-state index contributed by atoms with van der Waals surface area (Å²) in [4.78, 5) is 18.8. The van der Waals surface area contributed by atoms with Gasteiger partial charge in [-0.15, -0.1) is 11.3 Å². The maximum Gasteiger partial charge on any atom is 0.534 e. The quantitative estimate of drug-likeness (QED) is 0.0704. The van der Waals surface area contributed by atoms with Crippen molar-refractivity contribution in [3.05, 3.63) is 47.0 Å². The Kier molecular flexibility index (Phi) is 11.0. The van der Waals surface area contributed by atoms with Crippen molar-refractivity contribution in [2.45, 2.75) is 103 Å². The minimum absolute atomic E-state index is 0.0215. The Morgan fingerprint density at radius 3 is 2.33 bits per heavy atom. The van der Waals surface area contributed by atoms with Gasteiger partial charge in [-0.3, -0.25) is 9.58 Å². The van der Waals surface area contributed by atoms with Crippen LogP contribution >= 0.6 is 11.3 Å². The summed E-state index contributed by atoms with van der Waals surface area (Å²) in [6.07, 6.45) is -1.10. The van der Waals surface area contributed by atoms with Crippen LogP contribution in [0, 0.1) is 11.6 Å². The standard InChI is InChI=1S/C35H43F5N4O7S2Si/c1-19(51-54(9,10)34(6,7)8)18-48-26-16-21(36)15-23(37)27(26)28-29(41-31(22-11-14-52-30(22)28)50-53(46,47)35(38,39)40)24-17-25-20(2)43(12-13-44(25)42-24)32(45)49-33(3,4)5/h11,14-17,19-20H,12-13,18H2,1-10H3/t19-,20+/m1/s1. The van der Waals surface area contributed by atoms with Crippen LogP contribution in [-0.4, -0.2) is 72.9 Å². The summed E-state index contributed by atoms with van der Waals surface area (Å²) in [5.41, 5.74) is -6.77. The smallest absolute Gasteiger partial charge is 0.490 e. The number of aromatic nitrogens is 3. The van der Waals surface area contributed by atoms with E-state index in [9.17, 15) is 30.8 Å². The fourth-order valence-electron chi connectivity index (χ4n) is 5.64. The van der Waals surface area contributed by atoms with E-state index in [1.54, 1.807) is 39.3 Å². The average molecular weight is 819 g/mol. The van der Waals surface area contributed by atoms with Crippen molar-refractivity contribution in [2.75, 3.05) is 13.2 Å².